The molecule has 1 aromatic rings. The Labute approximate surface area is 123 Å². The molecule has 1 aromatic carbocycles. The van der Waals surface area contributed by atoms with Gasteiger partial charge >= 0.3 is 6.03 Å². The number of urea groups is 1. The van der Waals surface area contributed by atoms with Crippen LogP contribution in [0.15, 0.2) is 24.3 Å². The number of likely N-dealkylation sites (N-methyl/N-ethyl adjacent to an activating group) is 1. The van der Waals surface area contributed by atoms with Gasteiger partial charge in [0.25, 0.3) is 0 Å². The van der Waals surface area contributed by atoms with E-state index in [1.165, 1.54) is 12.1 Å². The number of halogens is 1. The van der Waals surface area contributed by atoms with E-state index in [0.717, 1.165) is 30.2 Å². The largest absolute Gasteiger partial charge is 0.337 e. The first kappa shape index (κ1) is 15.1. The van der Waals surface area contributed by atoms with Gasteiger partial charge in [-0.3, -0.25) is 0 Å². The predicted octanol–water partition coefficient (Wildman–Crippen LogP) is 1.67. The first-order chi connectivity index (χ1) is 9.63. The fraction of sp³-hybridized carbons (Fsp3) is 0.500. The Hall–Kier alpha value is -1.27. The van der Waals surface area contributed by atoms with E-state index in [-0.39, 0.29) is 11.8 Å². The number of thioether (sulfide) groups is 1. The molecule has 2 amide bonds. The molecule has 0 unspecified atom stereocenters. The van der Waals surface area contributed by atoms with Gasteiger partial charge in [0.05, 0.1) is 0 Å². The Kier molecular flexibility index (Phi) is 5.67. The Bertz CT molecular complexity index is 437. The van der Waals surface area contributed by atoms with E-state index in [9.17, 15) is 9.18 Å². The van der Waals surface area contributed by atoms with E-state index in [1.807, 2.05) is 18.8 Å². The van der Waals surface area contributed by atoms with Gasteiger partial charge in [-0.05, 0) is 24.7 Å². The third-order valence-corrected chi connectivity index (χ3v) is 4.39. The standard InChI is InChI=1S/C14H20FN3OS/c1-18(8-11-2-4-12(15)5-3-11)7-6-16-14(19)17-13-9-20-10-13/h2-5,13H,6-10H2,1H3,(H2,16,17,19). The molecule has 0 aliphatic carbocycles. The molecular weight excluding hydrogens is 277 g/mol. The van der Waals surface area contributed by atoms with Crippen LogP contribution in [-0.2, 0) is 6.54 Å². The van der Waals surface area contributed by atoms with Crippen LogP contribution in [0, 0.1) is 5.82 Å². The van der Waals surface area contributed by atoms with Crippen LogP contribution in [-0.4, -0.2) is 48.6 Å². The normalized spacial score (nSPS) is 14.9. The first-order valence-electron chi connectivity index (χ1n) is 6.68. The maximum absolute atomic E-state index is 12.8. The molecule has 0 spiro atoms. The van der Waals surface area contributed by atoms with E-state index < -0.39 is 0 Å². The second kappa shape index (κ2) is 7.50. The molecule has 0 saturated carbocycles. The summed E-state index contributed by atoms with van der Waals surface area (Å²) in [6, 6.07) is 6.72. The Morgan fingerprint density at radius 2 is 2.10 bits per heavy atom. The SMILES string of the molecule is CN(CCNC(=O)NC1CSC1)Cc1ccc(F)cc1. The summed E-state index contributed by atoms with van der Waals surface area (Å²) in [7, 11) is 1.98. The lowest BCUT2D eigenvalue weighted by molar-refractivity contribution is 0.235. The molecule has 1 aliphatic heterocycles. The molecule has 110 valence electrons. The van der Waals surface area contributed by atoms with Crippen molar-refractivity contribution in [3.05, 3.63) is 35.6 Å². The van der Waals surface area contributed by atoms with Gasteiger partial charge < -0.3 is 15.5 Å². The third-order valence-electron chi connectivity index (χ3n) is 3.12. The van der Waals surface area contributed by atoms with Crippen LogP contribution in [0.2, 0.25) is 0 Å². The van der Waals surface area contributed by atoms with Crippen LogP contribution in [0.25, 0.3) is 0 Å². The van der Waals surface area contributed by atoms with Crippen molar-refractivity contribution in [2.24, 2.45) is 0 Å². The van der Waals surface area contributed by atoms with Gasteiger partial charge in [-0.15, -0.1) is 0 Å². The molecule has 1 saturated heterocycles. The lowest BCUT2D eigenvalue weighted by atomic mass is 10.2. The minimum absolute atomic E-state index is 0.0921. The summed E-state index contributed by atoms with van der Waals surface area (Å²) in [5.41, 5.74) is 1.06. The fourth-order valence-corrected chi connectivity index (χ4v) is 2.53. The molecule has 0 bridgehead atoms. The number of carbonyl (C=O) groups excluding carboxylic acids is 1. The van der Waals surface area contributed by atoms with Gasteiger partial charge in [-0.1, -0.05) is 12.1 Å². The van der Waals surface area contributed by atoms with Crippen molar-refractivity contribution in [1.82, 2.24) is 15.5 Å². The molecule has 4 nitrogen and oxygen atoms in total. The number of hydrogen-bond acceptors (Lipinski definition) is 3. The smallest absolute Gasteiger partial charge is 0.315 e. The van der Waals surface area contributed by atoms with Crippen LogP contribution < -0.4 is 10.6 Å². The molecule has 2 N–H and O–H groups in total. The van der Waals surface area contributed by atoms with Gasteiger partial charge in [-0.2, -0.15) is 11.8 Å². The highest BCUT2D eigenvalue weighted by molar-refractivity contribution is 8.00. The zero-order chi connectivity index (χ0) is 14.4. The molecule has 6 heteroatoms. The first-order valence-corrected chi connectivity index (χ1v) is 7.84. The zero-order valence-electron chi connectivity index (χ0n) is 11.6. The van der Waals surface area contributed by atoms with Crippen molar-refractivity contribution < 1.29 is 9.18 Å². The van der Waals surface area contributed by atoms with E-state index in [0.29, 0.717) is 12.6 Å². The molecule has 20 heavy (non-hydrogen) atoms. The highest BCUT2D eigenvalue weighted by atomic mass is 32.2. The van der Waals surface area contributed by atoms with Gasteiger partial charge in [-0.25, -0.2) is 9.18 Å². The van der Waals surface area contributed by atoms with Crippen LogP contribution in [0.5, 0.6) is 0 Å². The average molecular weight is 297 g/mol. The number of carbonyl (C=O) groups is 1. The molecule has 0 aromatic heterocycles. The van der Waals surface area contributed by atoms with Crippen molar-refractivity contribution in [2.45, 2.75) is 12.6 Å². The van der Waals surface area contributed by atoms with Crippen molar-refractivity contribution in [1.29, 1.82) is 0 Å². The van der Waals surface area contributed by atoms with Crippen molar-refractivity contribution in [3.63, 3.8) is 0 Å². The van der Waals surface area contributed by atoms with Crippen molar-refractivity contribution in [3.8, 4) is 0 Å². The van der Waals surface area contributed by atoms with Crippen molar-refractivity contribution >= 4 is 17.8 Å². The van der Waals surface area contributed by atoms with Crippen LogP contribution >= 0.6 is 11.8 Å². The summed E-state index contributed by atoms with van der Waals surface area (Å²) in [6.45, 7) is 2.09. The van der Waals surface area contributed by atoms with E-state index in [1.54, 1.807) is 12.1 Å². The van der Waals surface area contributed by atoms with Crippen LogP contribution in [0.3, 0.4) is 0 Å². The zero-order valence-corrected chi connectivity index (χ0v) is 12.4. The highest BCUT2D eigenvalue weighted by Crippen LogP contribution is 2.16. The van der Waals surface area contributed by atoms with Crippen LogP contribution in [0.1, 0.15) is 5.56 Å². The Balaban J connectivity index is 1.60. The molecule has 0 atom stereocenters. The maximum Gasteiger partial charge on any atom is 0.315 e. The molecule has 0 radical (unpaired) electrons. The summed E-state index contributed by atoms with van der Waals surface area (Å²) >= 11 is 1.84. The minimum atomic E-state index is -0.219. The highest BCUT2D eigenvalue weighted by Gasteiger charge is 2.19. The summed E-state index contributed by atoms with van der Waals surface area (Å²) < 4.78 is 12.8. The van der Waals surface area contributed by atoms with E-state index in [4.69, 9.17) is 0 Å². The lowest BCUT2D eigenvalue weighted by Crippen LogP contribution is -2.49. The number of nitrogens with one attached hydrogen (secondary N) is 2. The molecule has 2 rings (SSSR count). The van der Waals surface area contributed by atoms with E-state index in [2.05, 4.69) is 15.5 Å². The molecule has 1 fully saturated rings. The van der Waals surface area contributed by atoms with Crippen LogP contribution in [0.4, 0.5) is 9.18 Å². The Morgan fingerprint density at radius 3 is 2.70 bits per heavy atom. The van der Waals surface area contributed by atoms with E-state index >= 15 is 0 Å². The number of rotatable bonds is 6. The second-order valence-electron chi connectivity index (χ2n) is 5.00. The monoisotopic (exact) mass is 297 g/mol. The molecule has 1 heterocycles. The summed E-state index contributed by atoms with van der Waals surface area (Å²) in [4.78, 5) is 13.6. The number of benzene rings is 1. The molecular formula is C14H20FN3OS. The number of hydrogen-bond donors (Lipinski definition) is 2. The number of nitrogens with zero attached hydrogens (tertiary/aromatic N) is 1. The number of amides is 2. The fourth-order valence-electron chi connectivity index (χ4n) is 1.90. The molecule has 1 aliphatic rings. The minimum Gasteiger partial charge on any atom is -0.337 e. The average Bonchev–Trinajstić information content (AvgIpc) is 2.37. The predicted molar refractivity (Wildman–Crippen MR) is 80.4 cm³/mol. The quantitative estimate of drug-likeness (QED) is 0.839. The summed E-state index contributed by atoms with van der Waals surface area (Å²) in [5.74, 6) is 1.80. The van der Waals surface area contributed by atoms with Crippen molar-refractivity contribution in [2.75, 3.05) is 31.6 Å². The van der Waals surface area contributed by atoms with Gasteiger partial charge in [0.1, 0.15) is 5.82 Å². The maximum atomic E-state index is 12.8. The van der Waals surface area contributed by atoms with Gasteiger partial charge in [0.2, 0.25) is 0 Å². The third kappa shape index (κ3) is 5.02. The Morgan fingerprint density at radius 1 is 1.40 bits per heavy atom. The van der Waals surface area contributed by atoms with Gasteiger partial charge in [0, 0.05) is 37.2 Å². The summed E-state index contributed by atoms with van der Waals surface area (Å²) in [6.07, 6.45) is 0. The topological polar surface area (TPSA) is 44.4 Å². The second-order valence-corrected chi connectivity index (χ2v) is 6.07. The van der Waals surface area contributed by atoms with Gasteiger partial charge in [0.15, 0.2) is 0 Å². The summed E-state index contributed by atoms with van der Waals surface area (Å²) in [5, 5.41) is 5.76. The lowest BCUT2D eigenvalue weighted by Gasteiger charge is -2.26.